The summed E-state index contributed by atoms with van der Waals surface area (Å²) in [6, 6.07) is 0. The van der Waals surface area contributed by atoms with Crippen molar-refractivity contribution in [2.45, 2.75) is 6.10 Å². The van der Waals surface area contributed by atoms with Crippen molar-refractivity contribution >= 4 is 11.6 Å². The van der Waals surface area contributed by atoms with E-state index >= 15 is 0 Å². The Balaban J connectivity index is 2.41. The molecule has 0 aliphatic rings. The number of H-pyrrole nitrogens is 1. The van der Waals surface area contributed by atoms with E-state index in [9.17, 15) is 5.11 Å². The number of aliphatic hydroxyl groups is 1. The third-order valence-electron chi connectivity index (χ3n) is 1.91. The van der Waals surface area contributed by atoms with Gasteiger partial charge in [0.1, 0.15) is 11.8 Å². The quantitative estimate of drug-likeness (QED) is 0.751. The summed E-state index contributed by atoms with van der Waals surface area (Å²) >= 11 is 5.86. The number of aromatic nitrogens is 5. The van der Waals surface area contributed by atoms with Crippen LogP contribution >= 0.6 is 11.6 Å². The SMILES string of the molecule is Cn1ncc(Cl)c1C(O)c1cn[nH]n1. The number of aromatic amines is 1. The minimum Gasteiger partial charge on any atom is -0.380 e. The van der Waals surface area contributed by atoms with Crippen molar-refractivity contribution in [3.8, 4) is 0 Å². The molecule has 0 saturated carbocycles. The van der Waals surface area contributed by atoms with Gasteiger partial charge in [0.25, 0.3) is 0 Å². The summed E-state index contributed by atoms with van der Waals surface area (Å²) < 4.78 is 1.50. The number of nitrogens with zero attached hydrogens (tertiary/aromatic N) is 4. The molecule has 0 fully saturated rings. The van der Waals surface area contributed by atoms with Gasteiger partial charge >= 0.3 is 0 Å². The molecule has 0 spiro atoms. The average Bonchev–Trinajstić information content (AvgIpc) is 2.75. The Morgan fingerprint density at radius 2 is 2.36 bits per heavy atom. The van der Waals surface area contributed by atoms with Gasteiger partial charge in [-0.05, 0) is 0 Å². The summed E-state index contributed by atoms with van der Waals surface area (Å²) in [5.74, 6) is 0. The minimum atomic E-state index is -0.909. The summed E-state index contributed by atoms with van der Waals surface area (Å²) in [6.45, 7) is 0. The molecule has 2 rings (SSSR count). The van der Waals surface area contributed by atoms with E-state index in [1.807, 2.05) is 0 Å². The second-order valence-corrected chi connectivity index (χ2v) is 3.21. The maximum atomic E-state index is 9.86. The van der Waals surface area contributed by atoms with Crippen molar-refractivity contribution in [2.75, 3.05) is 0 Å². The van der Waals surface area contributed by atoms with Crippen LogP contribution < -0.4 is 0 Å². The van der Waals surface area contributed by atoms with E-state index in [1.54, 1.807) is 7.05 Å². The van der Waals surface area contributed by atoms with Gasteiger partial charge in [-0.1, -0.05) is 11.6 Å². The lowest BCUT2D eigenvalue weighted by molar-refractivity contribution is 0.205. The fraction of sp³-hybridized carbons (Fsp3) is 0.286. The molecule has 2 aromatic heterocycles. The van der Waals surface area contributed by atoms with Crippen LogP contribution in [0, 0.1) is 0 Å². The van der Waals surface area contributed by atoms with Gasteiger partial charge in [-0.2, -0.15) is 20.5 Å². The molecule has 0 saturated heterocycles. The first-order valence-corrected chi connectivity index (χ1v) is 4.29. The highest BCUT2D eigenvalue weighted by Crippen LogP contribution is 2.25. The molecule has 0 radical (unpaired) electrons. The zero-order valence-electron chi connectivity index (χ0n) is 7.35. The van der Waals surface area contributed by atoms with Crippen molar-refractivity contribution in [3.05, 3.63) is 28.8 Å². The van der Waals surface area contributed by atoms with Crippen LogP contribution in [0.25, 0.3) is 0 Å². The third kappa shape index (κ3) is 1.38. The topological polar surface area (TPSA) is 79.6 Å². The summed E-state index contributed by atoms with van der Waals surface area (Å²) in [7, 11) is 1.70. The Labute approximate surface area is 84.5 Å². The standard InChI is InChI=1S/C7H8ClN5O/c1-13-6(4(8)2-10-13)7(14)5-3-9-12-11-5/h2-3,7,14H,1H3,(H,9,11,12). The highest BCUT2D eigenvalue weighted by atomic mass is 35.5. The summed E-state index contributed by atoms with van der Waals surface area (Å²) in [5, 5.41) is 24.0. The zero-order valence-corrected chi connectivity index (χ0v) is 8.10. The van der Waals surface area contributed by atoms with Crippen LogP contribution in [-0.4, -0.2) is 30.3 Å². The summed E-state index contributed by atoms with van der Waals surface area (Å²) in [6.07, 6.45) is 2.00. The van der Waals surface area contributed by atoms with Gasteiger partial charge in [-0.25, -0.2) is 0 Å². The molecule has 7 heteroatoms. The Morgan fingerprint density at radius 1 is 1.57 bits per heavy atom. The normalized spacial score (nSPS) is 13.1. The number of hydrogen-bond acceptors (Lipinski definition) is 4. The molecule has 0 aliphatic heterocycles. The van der Waals surface area contributed by atoms with Crippen LogP contribution in [0.4, 0.5) is 0 Å². The second-order valence-electron chi connectivity index (χ2n) is 2.80. The molecule has 0 aromatic carbocycles. The Bertz CT molecular complexity index is 404. The number of hydrogen-bond donors (Lipinski definition) is 2. The lowest BCUT2D eigenvalue weighted by atomic mass is 10.2. The van der Waals surface area contributed by atoms with E-state index in [0.29, 0.717) is 16.4 Å². The Morgan fingerprint density at radius 3 is 2.86 bits per heavy atom. The molecule has 14 heavy (non-hydrogen) atoms. The van der Waals surface area contributed by atoms with E-state index < -0.39 is 6.10 Å². The molecular weight excluding hydrogens is 206 g/mol. The van der Waals surface area contributed by atoms with E-state index in [1.165, 1.54) is 17.1 Å². The van der Waals surface area contributed by atoms with E-state index in [0.717, 1.165) is 0 Å². The lowest BCUT2D eigenvalue weighted by Crippen LogP contribution is -2.07. The van der Waals surface area contributed by atoms with E-state index in [-0.39, 0.29) is 0 Å². The summed E-state index contributed by atoms with van der Waals surface area (Å²) in [4.78, 5) is 0. The predicted octanol–water partition coefficient (Wildman–Crippen LogP) is 0.273. The van der Waals surface area contributed by atoms with Crippen molar-refractivity contribution in [3.63, 3.8) is 0 Å². The van der Waals surface area contributed by atoms with Gasteiger partial charge in [0, 0.05) is 7.05 Å². The predicted molar refractivity (Wildman–Crippen MR) is 48.7 cm³/mol. The van der Waals surface area contributed by atoms with E-state index in [2.05, 4.69) is 20.5 Å². The van der Waals surface area contributed by atoms with Crippen molar-refractivity contribution in [1.82, 2.24) is 25.2 Å². The molecule has 6 nitrogen and oxygen atoms in total. The van der Waals surface area contributed by atoms with Gasteiger partial charge in [0.05, 0.1) is 23.1 Å². The number of aryl methyl sites for hydroxylation is 1. The molecule has 1 unspecified atom stereocenters. The van der Waals surface area contributed by atoms with Crippen LogP contribution in [0.2, 0.25) is 5.02 Å². The lowest BCUT2D eigenvalue weighted by Gasteiger charge is -2.07. The number of aliphatic hydroxyl groups excluding tert-OH is 1. The molecule has 2 N–H and O–H groups in total. The first-order chi connectivity index (χ1) is 6.70. The maximum Gasteiger partial charge on any atom is 0.142 e. The van der Waals surface area contributed by atoms with E-state index in [4.69, 9.17) is 11.6 Å². The van der Waals surface area contributed by atoms with Gasteiger partial charge in [-0.15, -0.1) is 0 Å². The monoisotopic (exact) mass is 213 g/mol. The number of halogens is 1. The molecule has 74 valence electrons. The van der Waals surface area contributed by atoms with Crippen molar-refractivity contribution < 1.29 is 5.11 Å². The molecule has 1 atom stereocenters. The number of rotatable bonds is 2. The number of nitrogens with one attached hydrogen (secondary N) is 1. The van der Waals surface area contributed by atoms with Crippen LogP contribution in [0.3, 0.4) is 0 Å². The van der Waals surface area contributed by atoms with Crippen LogP contribution in [0.1, 0.15) is 17.5 Å². The first-order valence-electron chi connectivity index (χ1n) is 3.91. The fourth-order valence-electron chi connectivity index (χ4n) is 1.21. The molecular formula is C7H8ClN5O. The van der Waals surface area contributed by atoms with Crippen molar-refractivity contribution in [1.29, 1.82) is 0 Å². The highest BCUT2D eigenvalue weighted by Gasteiger charge is 2.20. The second kappa shape index (κ2) is 3.39. The Kier molecular flexibility index (Phi) is 2.22. The highest BCUT2D eigenvalue weighted by molar-refractivity contribution is 6.31. The Hall–Kier alpha value is -1.40. The minimum absolute atomic E-state index is 0.406. The maximum absolute atomic E-state index is 9.86. The van der Waals surface area contributed by atoms with Gasteiger partial charge in [-0.3, -0.25) is 4.68 Å². The molecule has 0 amide bonds. The van der Waals surface area contributed by atoms with Gasteiger partial charge < -0.3 is 5.11 Å². The molecule has 0 bridgehead atoms. The largest absolute Gasteiger partial charge is 0.380 e. The van der Waals surface area contributed by atoms with Crippen molar-refractivity contribution in [2.24, 2.45) is 7.05 Å². The van der Waals surface area contributed by atoms with Gasteiger partial charge in [0.15, 0.2) is 0 Å². The first kappa shape index (κ1) is 9.17. The van der Waals surface area contributed by atoms with Gasteiger partial charge in [0.2, 0.25) is 0 Å². The average molecular weight is 214 g/mol. The van der Waals surface area contributed by atoms with Crippen LogP contribution in [-0.2, 0) is 7.05 Å². The smallest absolute Gasteiger partial charge is 0.142 e. The molecule has 0 aliphatic carbocycles. The molecule has 2 aromatic rings. The zero-order chi connectivity index (χ0) is 10.1. The fourth-order valence-corrected chi connectivity index (χ4v) is 1.48. The molecule has 2 heterocycles. The van der Waals surface area contributed by atoms with Crippen LogP contribution in [0.5, 0.6) is 0 Å². The van der Waals surface area contributed by atoms with Crippen LogP contribution in [0.15, 0.2) is 12.4 Å². The summed E-state index contributed by atoms with van der Waals surface area (Å²) in [5.41, 5.74) is 0.913. The third-order valence-corrected chi connectivity index (χ3v) is 2.20.